The van der Waals surface area contributed by atoms with E-state index in [2.05, 4.69) is 13.8 Å². The second kappa shape index (κ2) is 4.94. The van der Waals surface area contributed by atoms with Crippen molar-refractivity contribution < 1.29 is 19.7 Å². The summed E-state index contributed by atoms with van der Waals surface area (Å²) < 4.78 is 12.3. The Morgan fingerprint density at radius 2 is 1.30 bits per heavy atom. The van der Waals surface area contributed by atoms with Crippen LogP contribution in [0.3, 0.4) is 0 Å². The highest BCUT2D eigenvalue weighted by Crippen LogP contribution is 2.55. The number of rotatable bonds is 2. The van der Waals surface area contributed by atoms with Crippen LogP contribution in [0.4, 0.5) is 0 Å². The van der Waals surface area contributed by atoms with E-state index in [4.69, 9.17) is 9.47 Å². The summed E-state index contributed by atoms with van der Waals surface area (Å²) in [7, 11) is 0. The molecular weight excluding hydrogens is 256 g/mol. The minimum atomic E-state index is -0.516. The number of aliphatic hydroxyl groups excluding tert-OH is 2. The zero-order valence-corrected chi connectivity index (χ0v) is 13.0. The van der Waals surface area contributed by atoms with Crippen LogP contribution in [0.1, 0.15) is 34.1 Å². The Morgan fingerprint density at radius 3 is 1.65 bits per heavy atom. The molecule has 0 amide bonds. The number of hydrogen-bond donors (Lipinski definition) is 2. The standard InChI is InChI=1S/C16H28O4/c1-8-10-5-11(13(7-18)12(10)6-17)9(2)15-14(8)19-16(3,4)20-15/h8-15,17-18H,5-7H2,1-4H3/t8-,9+,10-,11+,12-,13+,14+,15-. The Kier molecular flexibility index (Phi) is 3.65. The Balaban J connectivity index is 1.94. The fourth-order valence-corrected chi connectivity index (χ4v) is 5.17. The Hall–Kier alpha value is -0.160. The van der Waals surface area contributed by atoms with Crippen molar-refractivity contribution in [3.8, 4) is 0 Å². The zero-order chi connectivity index (χ0) is 14.7. The normalized spacial score (nSPS) is 53.7. The van der Waals surface area contributed by atoms with E-state index in [9.17, 15) is 10.2 Å². The molecule has 4 heteroatoms. The quantitative estimate of drug-likeness (QED) is 0.809. The molecule has 1 heterocycles. The van der Waals surface area contributed by atoms with E-state index in [0.29, 0.717) is 23.7 Å². The summed E-state index contributed by atoms with van der Waals surface area (Å²) in [6, 6.07) is 0. The third-order valence-electron chi connectivity index (χ3n) is 6.17. The first-order chi connectivity index (χ1) is 9.39. The van der Waals surface area contributed by atoms with E-state index < -0.39 is 5.79 Å². The first kappa shape index (κ1) is 14.8. The molecule has 2 bridgehead atoms. The van der Waals surface area contributed by atoms with Crippen LogP contribution in [0.25, 0.3) is 0 Å². The van der Waals surface area contributed by atoms with Gasteiger partial charge in [-0.1, -0.05) is 13.8 Å². The van der Waals surface area contributed by atoms with Crippen LogP contribution in [0.15, 0.2) is 0 Å². The van der Waals surface area contributed by atoms with Crippen molar-refractivity contribution in [2.75, 3.05) is 13.2 Å². The summed E-state index contributed by atoms with van der Waals surface area (Å²) in [5.41, 5.74) is 0. The summed E-state index contributed by atoms with van der Waals surface area (Å²) in [4.78, 5) is 0. The molecule has 1 aliphatic heterocycles. The topological polar surface area (TPSA) is 58.9 Å². The molecule has 0 spiro atoms. The van der Waals surface area contributed by atoms with Gasteiger partial charge in [0.05, 0.1) is 12.2 Å². The fourth-order valence-electron chi connectivity index (χ4n) is 5.17. The molecule has 20 heavy (non-hydrogen) atoms. The molecule has 8 atom stereocenters. The predicted octanol–water partition coefficient (Wildman–Crippen LogP) is 1.65. The molecule has 2 aliphatic carbocycles. The maximum Gasteiger partial charge on any atom is 0.163 e. The number of fused-ring (bicyclic) bond motifs is 3. The molecule has 0 aromatic heterocycles. The summed E-state index contributed by atoms with van der Waals surface area (Å²) in [5, 5.41) is 19.5. The van der Waals surface area contributed by atoms with Crippen LogP contribution in [0, 0.1) is 35.5 Å². The predicted molar refractivity (Wildman–Crippen MR) is 74.9 cm³/mol. The molecule has 1 saturated heterocycles. The van der Waals surface area contributed by atoms with Crippen LogP contribution in [0.5, 0.6) is 0 Å². The lowest BCUT2D eigenvalue weighted by Crippen LogP contribution is -2.43. The molecule has 0 aromatic carbocycles. The largest absolute Gasteiger partial charge is 0.396 e. The van der Waals surface area contributed by atoms with E-state index in [1.54, 1.807) is 0 Å². The van der Waals surface area contributed by atoms with E-state index in [1.807, 2.05) is 13.8 Å². The lowest BCUT2D eigenvalue weighted by molar-refractivity contribution is -0.157. The van der Waals surface area contributed by atoms with Gasteiger partial charge in [0.15, 0.2) is 5.79 Å². The van der Waals surface area contributed by atoms with E-state index in [1.165, 1.54) is 0 Å². The number of ether oxygens (including phenoxy) is 2. The highest BCUT2D eigenvalue weighted by atomic mass is 16.8. The lowest BCUT2D eigenvalue weighted by atomic mass is 9.73. The summed E-state index contributed by atoms with van der Waals surface area (Å²) in [6.45, 7) is 8.76. The Labute approximate surface area is 121 Å². The molecule has 0 aromatic rings. The molecule has 3 rings (SSSR count). The maximum absolute atomic E-state index is 9.77. The van der Waals surface area contributed by atoms with Gasteiger partial charge in [-0.25, -0.2) is 0 Å². The van der Waals surface area contributed by atoms with Gasteiger partial charge in [0.25, 0.3) is 0 Å². The van der Waals surface area contributed by atoms with Gasteiger partial charge in [-0.15, -0.1) is 0 Å². The lowest BCUT2D eigenvalue weighted by Gasteiger charge is -2.37. The van der Waals surface area contributed by atoms with Gasteiger partial charge in [0.2, 0.25) is 0 Å². The number of aliphatic hydroxyl groups is 2. The second-order valence-electron chi connectivity index (χ2n) is 7.54. The van der Waals surface area contributed by atoms with Crippen molar-refractivity contribution in [3.05, 3.63) is 0 Å². The SMILES string of the molecule is C[C@@H]1[C@H]2C[C@@H]([C@H](C)[C@H]3OC(C)(C)O[C@@H]13)[C@H](CO)[C@@H]2CO. The minimum Gasteiger partial charge on any atom is -0.396 e. The summed E-state index contributed by atoms with van der Waals surface area (Å²) in [6.07, 6.45) is 1.31. The van der Waals surface area contributed by atoms with Crippen molar-refractivity contribution in [3.63, 3.8) is 0 Å². The van der Waals surface area contributed by atoms with E-state index >= 15 is 0 Å². The van der Waals surface area contributed by atoms with Crippen molar-refractivity contribution >= 4 is 0 Å². The zero-order valence-electron chi connectivity index (χ0n) is 13.0. The minimum absolute atomic E-state index is 0.115. The van der Waals surface area contributed by atoms with Crippen molar-refractivity contribution in [1.29, 1.82) is 0 Å². The molecule has 116 valence electrons. The number of hydrogen-bond acceptors (Lipinski definition) is 4. The molecule has 4 nitrogen and oxygen atoms in total. The van der Waals surface area contributed by atoms with Crippen molar-refractivity contribution in [2.24, 2.45) is 35.5 Å². The molecule has 3 aliphatic rings. The van der Waals surface area contributed by atoms with Gasteiger partial charge in [-0.05, 0) is 55.8 Å². The highest BCUT2D eigenvalue weighted by Gasteiger charge is 2.58. The fraction of sp³-hybridized carbons (Fsp3) is 1.00. The monoisotopic (exact) mass is 284 g/mol. The molecule has 0 radical (unpaired) electrons. The smallest absolute Gasteiger partial charge is 0.163 e. The average Bonchev–Trinajstić information content (AvgIpc) is 2.91. The molecule has 2 saturated carbocycles. The van der Waals surface area contributed by atoms with Gasteiger partial charge in [-0.2, -0.15) is 0 Å². The third kappa shape index (κ3) is 2.04. The van der Waals surface area contributed by atoms with Crippen LogP contribution < -0.4 is 0 Å². The summed E-state index contributed by atoms with van der Waals surface area (Å²) >= 11 is 0. The van der Waals surface area contributed by atoms with Gasteiger partial charge in [0, 0.05) is 13.2 Å². The maximum atomic E-state index is 9.77. The van der Waals surface area contributed by atoms with Crippen LogP contribution in [-0.2, 0) is 9.47 Å². The molecule has 3 fully saturated rings. The molecule has 0 unspecified atom stereocenters. The van der Waals surface area contributed by atoms with E-state index in [-0.39, 0.29) is 37.3 Å². The Morgan fingerprint density at radius 1 is 0.900 bits per heavy atom. The second-order valence-corrected chi connectivity index (χ2v) is 7.54. The van der Waals surface area contributed by atoms with E-state index in [0.717, 1.165) is 6.42 Å². The van der Waals surface area contributed by atoms with Crippen LogP contribution >= 0.6 is 0 Å². The van der Waals surface area contributed by atoms with Crippen molar-refractivity contribution in [1.82, 2.24) is 0 Å². The van der Waals surface area contributed by atoms with Gasteiger partial charge >= 0.3 is 0 Å². The highest BCUT2D eigenvalue weighted by molar-refractivity contribution is 5.04. The first-order valence-electron chi connectivity index (χ1n) is 7.97. The van der Waals surface area contributed by atoms with Gasteiger partial charge in [0.1, 0.15) is 0 Å². The van der Waals surface area contributed by atoms with Gasteiger partial charge in [-0.3, -0.25) is 0 Å². The van der Waals surface area contributed by atoms with Crippen LogP contribution in [0.2, 0.25) is 0 Å². The molecule has 2 N–H and O–H groups in total. The average molecular weight is 284 g/mol. The van der Waals surface area contributed by atoms with Crippen molar-refractivity contribution in [2.45, 2.75) is 52.1 Å². The van der Waals surface area contributed by atoms with Gasteiger partial charge < -0.3 is 19.7 Å². The Bertz CT molecular complexity index is 337. The summed E-state index contributed by atoms with van der Waals surface area (Å²) in [5.74, 6) is 1.48. The first-order valence-corrected chi connectivity index (χ1v) is 7.97. The van der Waals surface area contributed by atoms with Crippen LogP contribution in [-0.4, -0.2) is 41.4 Å². The molecular formula is C16H28O4. The third-order valence-corrected chi connectivity index (χ3v) is 6.17.